The zero-order valence-corrected chi connectivity index (χ0v) is 17.4. The van der Waals surface area contributed by atoms with Gasteiger partial charge >= 0.3 is 0 Å². The number of amides is 2. The minimum absolute atomic E-state index is 0.100. The molecule has 0 fully saturated rings. The highest BCUT2D eigenvalue weighted by atomic mass is 16.5. The lowest BCUT2D eigenvalue weighted by Gasteiger charge is -2.22. The summed E-state index contributed by atoms with van der Waals surface area (Å²) < 4.78 is 15.6. The molecule has 0 spiro atoms. The molecule has 7 heteroatoms. The summed E-state index contributed by atoms with van der Waals surface area (Å²) in [4.78, 5) is 25.5. The molecule has 0 aromatic heterocycles. The van der Waals surface area contributed by atoms with Crippen LogP contribution in [0, 0.1) is 5.92 Å². The third-order valence-corrected chi connectivity index (χ3v) is 4.45. The molecule has 0 aliphatic heterocycles. The van der Waals surface area contributed by atoms with E-state index in [1.807, 2.05) is 38.1 Å². The van der Waals surface area contributed by atoms with Crippen LogP contribution in [0.5, 0.6) is 17.2 Å². The lowest BCUT2D eigenvalue weighted by atomic mass is 10.0. The fourth-order valence-electron chi connectivity index (χ4n) is 2.78. The number of nitrogens with one attached hydrogen (secondary N) is 2. The fourth-order valence-corrected chi connectivity index (χ4v) is 2.78. The molecule has 0 radical (unpaired) electrons. The number of methoxy groups -OCH3 is 3. The van der Waals surface area contributed by atoms with E-state index in [9.17, 15) is 9.59 Å². The Bertz CT molecular complexity index is 829. The van der Waals surface area contributed by atoms with Gasteiger partial charge in [-0.25, -0.2) is 0 Å². The molecule has 0 unspecified atom stereocenters. The predicted molar refractivity (Wildman–Crippen MR) is 110 cm³/mol. The highest BCUT2D eigenvalue weighted by Gasteiger charge is 2.25. The number of rotatable bonds is 9. The molecule has 1 atom stereocenters. The van der Waals surface area contributed by atoms with Crippen molar-refractivity contribution in [2.45, 2.75) is 26.4 Å². The average molecular weight is 400 g/mol. The minimum atomic E-state index is -0.690. The number of carbonyl (C=O) groups is 2. The number of hydrogen-bond donors (Lipinski definition) is 2. The van der Waals surface area contributed by atoms with Gasteiger partial charge < -0.3 is 24.8 Å². The molecule has 156 valence electrons. The Labute approximate surface area is 171 Å². The molecule has 2 N–H and O–H groups in total. The highest BCUT2D eigenvalue weighted by molar-refractivity contribution is 5.98. The predicted octanol–water partition coefficient (Wildman–Crippen LogP) is 2.78. The van der Waals surface area contributed by atoms with Crippen LogP contribution in [-0.4, -0.2) is 39.2 Å². The van der Waals surface area contributed by atoms with Crippen LogP contribution in [0.1, 0.15) is 29.8 Å². The van der Waals surface area contributed by atoms with E-state index in [1.54, 1.807) is 25.3 Å². The van der Waals surface area contributed by atoms with Crippen LogP contribution in [0.15, 0.2) is 42.5 Å². The Morgan fingerprint density at radius 3 is 2.07 bits per heavy atom. The summed E-state index contributed by atoms with van der Waals surface area (Å²) in [6, 6.07) is 11.6. The first-order valence-electron chi connectivity index (χ1n) is 9.32. The molecule has 2 aromatic rings. The van der Waals surface area contributed by atoms with Crippen LogP contribution < -0.4 is 24.8 Å². The summed E-state index contributed by atoms with van der Waals surface area (Å²) in [5.74, 6) is 0.980. The Morgan fingerprint density at radius 1 is 0.897 bits per heavy atom. The van der Waals surface area contributed by atoms with Gasteiger partial charge in [0.2, 0.25) is 5.91 Å². The van der Waals surface area contributed by atoms with Gasteiger partial charge in [0.05, 0.1) is 21.3 Å². The summed E-state index contributed by atoms with van der Waals surface area (Å²) in [7, 11) is 4.62. The molecular formula is C22H28N2O5. The Morgan fingerprint density at radius 2 is 1.52 bits per heavy atom. The molecule has 2 amide bonds. The third-order valence-electron chi connectivity index (χ3n) is 4.45. The van der Waals surface area contributed by atoms with Gasteiger partial charge in [-0.05, 0) is 35.7 Å². The standard InChI is InChI=1S/C22H28N2O5/c1-14(2)20(22(26)23-13-15-7-6-8-17(9-15)27-3)24-21(25)16-10-18(28-4)12-19(11-16)29-5/h6-12,14,20H,13H2,1-5H3,(H,23,26)(H,24,25)/t20-/m0/s1. The van der Waals surface area contributed by atoms with Gasteiger partial charge in [-0.2, -0.15) is 0 Å². The highest BCUT2D eigenvalue weighted by Crippen LogP contribution is 2.22. The molecule has 0 aliphatic rings. The Hall–Kier alpha value is -3.22. The van der Waals surface area contributed by atoms with Gasteiger partial charge in [0.1, 0.15) is 23.3 Å². The van der Waals surface area contributed by atoms with Crippen molar-refractivity contribution >= 4 is 11.8 Å². The molecule has 2 rings (SSSR count). The monoisotopic (exact) mass is 400 g/mol. The molecule has 0 saturated heterocycles. The van der Waals surface area contributed by atoms with Crippen LogP contribution >= 0.6 is 0 Å². The SMILES string of the molecule is COc1cccc(CNC(=O)[C@@H](NC(=O)c2cc(OC)cc(OC)c2)C(C)C)c1. The number of benzene rings is 2. The molecule has 29 heavy (non-hydrogen) atoms. The first-order valence-corrected chi connectivity index (χ1v) is 9.32. The van der Waals surface area contributed by atoms with E-state index in [2.05, 4.69) is 10.6 Å². The minimum Gasteiger partial charge on any atom is -0.497 e. The third kappa shape index (κ3) is 6.14. The molecule has 0 bridgehead atoms. The molecule has 0 aliphatic carbocycles. The van der Waals surface area contributed by atoms with Crippen molar-refractivity contribution in [3.05, 3.63) is 53.6 Å². The van der Waals surface area contributed by atoms with Crippen molar-refractivity contribution in [1.29, 1.82) is 0 Å². The quantitative estimate of drug-likeness (QED) is 0.676. The largest absolute Gasteiger partial charge is 0.497 e. The maximum atomic E-state index is 12.7. The topological polar surface area (TPSA) is 85.9 Å². The van der Waals surface area contributed by atoms with Crippen molar-refractivity contribution < 1.29 is 23.8 Å². The molecular weight excluding hydrogens is 372 g/mol. The second-order valence-corrected chi connectivity index (χ2v) is 6.87. The molecule has 2 aromatic carbocycles. The van der Waals surface area contributed by atoms with E-state index in [1.165, 1.54) is 14.2 Å². The molecule has 7 nitrogen and oxygen atoms in total. The van der Waals surface area contributed by atoms with Crippen molar-refractivity contribution in [3.63, 3.8) is 0 Å². The summed E-state index contributed by atoms with van der Waals surface area (Å²) in [5, 5.41) is 5.68. The number of hydrogen-bond acceptors (Lipinski definition) is 5. The lowest BCUT2D eigenvalue weighted by molar-refractivity contribution is -0.124. The van der Waals surface area contributed by atoms with Gasteiger partial charge in [-0.1, -0.05) is 26.0 Å². The first kappa shape index (κ1) is 22.1. The van der Waals surface area contributed by atoms with E-state index in [0.29, 0.717) is 23.6 Å². The lowest BCUT2D eigenvalue weighted by Crippen LogP contribution is -2.49. The zero-order valence-electron chi connectivity index (χ0n) is 17.4. The van der Waals surface area contributed by atoms with Crippen LogP contribution in [0.2, 0.25) is 0 Å². The summed E-state index contributed by atoms with van der Waals surface area (Å²) in [6.07, 6.45) is 0. The number of ether oxygens (including phenoxy) is 3. The van der Waals surface area contributed by atoms with Gasteiger partial charge in [0, 0.05) is 18.2 Å². The zero-order chi connectivity index (χ0) is 21.4. The van der Waals surface area contributed by atoms with E-state index < -0.39 is 6.04 Å². The molecule has 0 heterocycles. The smallest absolute Gasteiger partial charge is 0.252 e. The first-order chi connectivity index (χ1) is 13.9. The van der Waals surface area contributed by atoms with Crippen molar-refractivity contribution in [1.82, 2.24) is 10.6 Å². The number of carbonyl (C=O) groups excluding carboxylic acids is 2. The molecule has 0 saturated carbocycles. The van der Waals surface area contributed by atoms with Crippen molar-refractivity contribution in [2.24, 2.45) is 5.92 Å². The van der Waals surface area contributed by atoms with E-state index in [4.69, 9.17) is 14.2 Å². The normalized spacial score (nSPS) is 11.5. The van der Waals surface area contributed by atoms with Crippen molar-refractivity contribution in [3.8, 4) is 17.2 Å². The van der Waals surface area contributed by atoms with Crippen LogP contribution in [0.4, 0.5) is 0 Å². The maximum Gasteiger partial charge on any atom is 0.252 e. The second kappa shape index (κ2) is 10.4. The maximum absolute atomic E-state index is 12.7. The second-order valence-electron chi connectivity index (χ2n) is 6.87. The Kier molecular flexibility index (Phi) is 7.88. The average Bonchev–Trinajstić information content (AvgIpc) is 2.74. The van der Waals surface area contributed by atoms with Crippen LogP contribution in [0.3, 0.4) is 0 Å². The van der Waals surface area contributed by atoms with Gasteiger partial charge in [0.25, 0.3) is 5.91 Å². The van der Waals surface area contributed by atoms with Gasteiger partial charge in [-0.3, -0.25) is 9.59 Å². The van der Waals surface area contributed by atoms with E-state index in [0.717, 1.165) is 11.3 Å². The Balaban J connectivity index is 2.08. The summed E-state index contributed by atoms with van der Waals surface area (Å²) in [6.45, 7) is 4.09. The van der Waals surface area contributed by atoms with Gasteiger partial charge in [-0.15, -0.1) is 0 Å². The van der Waals surface area contributed by atoms with E-state index in [-0.39, 0.29) is 17.7 Å². The summed E-state index contributed by atoms with van der Waals surface area (Å²) >= 11 is 0. The van der Waals surface area contributed by atoms with Crippen LogP contribution in [0.25, 0.3) is 0 Å². The summed E-state index contributed by atoms with van der Waals surface area (Å²) in [5.41, 5.74) is 1.26. The van der Waals surface area contributed by atoms with Crippen LogP contribution in [-0.2, 0) is 11.3 Å². The van der Waals surface area contributed by atoms with Gasteiger partial charge in [0.15, 0.2) is 0 Å². The van der Waals surface area contributed by atoms with E-state index >= 15 is 0 Å². The van der Waals surface area contributed by atoms with Crippen molar-refractivity contribution in [2.75, 3.05) is 21.3 Å². The fraction of sp³-hybridized carbons (Fsp3) is 0.364.